The minimum Gasteiger partial charge on any atom is -0.497 e. The van der Waals surface area contributed by atoms with Gasteiger partial charge in [-0.1, -0.05) is 36.4 Å². The Morgan fingerprint density at radius 1 is 1.17 bits per heavy atom. The number of methoxy groups -OCH3 is 1. The normalized spacial score (nSPS) is 31.7. The fourth-order valence-corrected chi connectivity index (χ4v) is 8.02. The molecule has 35 heavy (non-hydrogen) atoms. The number of benzene rings is 2. The zero-order valence-corrected chi connectivity index (χ0v) is 19.5. The third kappa shape index (κ3) is 2.42. The predicted octanol–water partition coefficient (Wildman–Crippen LogP) is 1.79. The van der Waals surface area contributed by atoms with Crippen LogP contribution in [0.25, 0.3) is 0 Å². The molecule has 1 aliphatic heterocycles. The molecule has 3 aliphatic carbocycles. The number of nitrogens with two attached hydrogens (primary N) is 1. The maximum absolute atomic E-state index is 12.7. The van der Waals surface area contributed by atoms with E-state index in [0.29, 0.717) is 12.8 Å². The van der Waals surface area contributed by atoms with Gasteiger partial charge in [0.2, 0.25) is 0 Å². The Bertz CT molecular complexity index is 1470. The van der Waals surface area contributed by atoms with Crippen LogP contribution in [0.1, 0.15) is 44.7 Å². The van der Waals surface area contributed by atoms with Crippen LogP contribution in [0.2, 0.25) is 0 Å². The molecule has 7 rings (SSSR count). The van der Waals surface area contributed by atoms with Crippen LogP contribution in [-0.2, 0) is 30.2 Å². The van der Waals surface area contributed by atoms with E-state index in [2.05, 4.69) is 34.1 Å². The third-order valence-corrected chi connectivity index (χ3v) is 9.20. The number of carbonyl (C=O) groups is 1. The van der Waals surface area contributed by atoms with Gasteiger partial charge in [0.1, 0.15) is 11.3 Å². The first kappa shape index (κ1) is 20.9. The second-order valence-corrected chi connectivity index (χ2v) is 10.8. The molecular weight excluding hydrogens is 442 g/mol. The van der Waals surface area contributed by atoms with Gasteiger partial charge in [0, 0.05) is 42.5 Å². The third-order valence-electron chi connectivity index (χ3n) is 9.20. The Morgan fingerprint density at radius 2 is 1.97 bits per heavy atom. The van der Waals surface area contributed by atoms with Crippen molar-refractivity contribution in [2.45, 2.75) is 48.3 Å². The van der Waals surface area contributed by atoms with Crippen molar-refractivity contribution in [3.63, 3.8) is 0 Å². The van der Waals surface area contributed by atoms with Gasteiger partial charge < -0.3 is 20.6 Å². The SMILES string of the molecule is COc1ccc2c(c1)C13Cc4[nH]c(=O)c(C(N)=O)cc4CC1(O)[C@@H]1N(Cc4ccccc4)CC21C3. The summed E-state index contributed by atoms with van der Waals surface area (Å²) in [6.07, 6.45) is 1.69. The van der Waals surface area contributed by atoms with Gasteiger partial charge in [-0.25, -0.2) is 0 Å². The molecule has 3 unspecified atom stereocenters. The fraction of sp³-hybridized carbons (Fsp3) is 0.357. The number of hydrogen-bond acceptors (Lipinski definition) is 5. The summed E-state index contributed by atoms with van der Waals surface area (Å²) in [6, 6.07) is 18.1. The van der Waals surface area contributed by atoms with E-state index in [4.69, 9.17) is 10.5 Å². The summed E-state index contributed by atoms with van der Waals surface area (Å²) < 4.78 is 5.56. The van der Waals surface area contributed by atoms with Gasteiger partial charge in [-0.15, -0.1) is 0 Å². The van der Waals surface area contributed by atoms with Crippen molar-refractivity contribution in [3.8, 4) is 5.75 Å². The Balaban J connectivity index is 1.41. The van der Waals surface area contributed by atoms with Crippen molar-refractivity contribution in [1.29, 1.82) is 0 Å². The Kier molecular flexibility index (Phi) is 3.95. The molecular formula is C28H27N3O4. The number of nitrogens with one attached hydrogen (secondary N) is 1. The van der Waals surface area contributed by atoms with E-state index < -0.39 is 22.5 Å². The second-order valence-electron chi connectivity index (χ2n) is 10.8. The summed E-state index contributed by atoms with van der Waals surface area (Å²) in [5, 5.41) is 12.7. The molecule has 3 aromatic rings. The van der Waals surface area contributed by atoms with E-state index in [1.165, 1.54) is 11.1 Å². The van der Waals surface area contributed by atoms with E-state index in [1.54, 1.807) is 13.2 Å². The van der Waals surface area contributed by atoms with Gasteiger partial charge in [0.15, 0.2) is 0 Å². The monoisotopic (exact) mass is 469 g/mol. The molecule has 1 saturated carbocycles. The number of likely N-dealkylation sites (tertiary alicyclic amines) is 1. The van der Waals surface area contributed by atoms with Crippen LogP contribution >= 0.6 is 0 Å². The molecule has 1 saturated heterocycles. The number of ether oxygens (including phenoxy) is 1. The van der Waals surface area contributed by atoms with Crippen molar-refractivity contribution in [2.75, 3.05) is 13.7 Å². The van der Waals surface area contributed by atoms with Crippen molar-refractivity contribution in [2.24, 2.45) is 5.73 Å². The molecule has 2 fully saturated rings. The standard InChI is InChI=1S/C28H27N3O4/c1-35-18-7-8-20-21(10-18)27-12-22-17(9-19(23(29)32)24(33)30-22)11-28(27,34)25-26(20,14-27)15-31(25)13-16-5-3-2-4-6-16/h2-10,25,34H,11-15H2,1H3,(H2,29,32)(H,30,33)/t25-,26?,27?,28?/m1/s1. The van der Waals surface area contributed by atoms with Gasteiger partial charge >= 0.3 is 0 Å². The highest BCUT2D eigenvalue weighted by atomic mass is 16.5. The highest BCUT2D eigenvalue weighted by Gasteiger charge is 2.80. The lowest BCUT2D eigenvalue weighted by Gasteiger charge is -2.62. The highest BCUT2D eigenvalue weighted by Crippen LogP contribution is 2.73. The minimum atomic E-state index is -1.06. The van der Waals surface area contributed by atoms with Crippen molar-refractivity contribution in [3.05, 3.63) is 98.5 Å². The molecule has 2 bridgehead atoms. The number of fused-ring (bicyclic) bond motifs is 3. The van der Waals surface area contributed by atoms with Crippen molar-refractivity contribution in [1.82, 2.24) is 9.88 Å². The number of aromatic nitrogens is 1. The Hall–Kier alpha value is -3.42. The molecule has 4 atom stereocenters. The molecule has 1 aromatic heterocycles. The molecule has 0 radical (unpaired) electrons. The van der Waals surface area contributed by atoms with Gasteiger partial charge in [0.05, 0.1) is 18.8 Å². The molecule has 2 aromatic carbocycles. The molecule has 2 heterocycles. The minimum absolute atomic E-state index is 0.0574. The summed E-state index contributed by atoms with van der Waals surface area (Å²) in [4.78, 5) is 29.8. The average Bonchev–Trinajstić information content (AvgIpc) is 3.21. The summed E-state index contributed by atoms with van der Waals surface area (Å²) in [6.45, 7) is 1.64. The zero-order chi connectivity index (χ0) is 24.2. The van der Waals surface area contributed by atoms with E-state index in [9.17, 15) is 14.7 Å². The smallest absolute Gasteiger partial charge is 0.261 e. The molecule has 7 nitrogen and oxygen atoms in total. The summed E-state index contributed by atoms with van der Waals surface area (Å²) in [7, 11) is 1.66. The summed E-state index contributed by atoms with van der Waals surface area (Å²) in [5.74, 6) is 0.0139. The Labute approximate surface area is 202 Å². The number of hydrogen-bond donors (Lipinski definition) is 3. The number of carbonyl (C=O) groups excluding carboxylic acids is 1. The molecule has 4 aliphatic rings. The first-order valence-electron chi connectivity index (χ1n) is 12.1. The number of H-pyrrole nitrogens is 1. The van der Waals surface area contributed by atoms with Gasteiger partial charge in [0.25, 0.3) is 11.5 Å². The molecule has 2 spiro atoms. The summed E-state index contributed by atoms with van der Waals surface area (Å²) >= 11 is 0. The number of pyridine rings is 1. The van der Waals surface area contributed by atoms with Crippen LogP contribution in [0.15, 0.2) is 59.4 Å². The van der Waals surface area contributed by atoms with Crippen LogP contribution in [0.3, 0.4) is 0 Å². The second kappa shape index (κ2) is 6.62. The van der Waals surface area contributed by atoms with E-state index in [0.717, 1.165) is 42.1 Å². The number of aliphatic hydroxyl groups is 1. The van der Waals surface area contributed by atoms with Crippen molar-refractivity contribution >= 4 is 5.91 Å². The van der Waals surface area contributed by atoms with Crippen molar-refractivity contribution < 1.29 is 14.6 Å². The van der Waals surface area contributed by atoms with Crippen LogP contribution in [0.5, 0.6) is 5.75 Å². The van der Waals surface area contributed by atoms with Gasteiger partial charge in [-0.05, 0) is 46.9 Å². The number of primary amides is 1. The van der Waals surface area contributed by atoms with Gasteiger partial charge in [-0.3, -0.25) is 14.5 Å². The van der Waals surface area contributed by atoms with Crippen LogP contribution < -0.4 is 16.0 Å². The number of aromatic amines is 1. The fourth-order valence-electron chi connectivity index (χ4n) is 8.02. The number of rotatable bonds is 4. The number of amides is 1. The first-order chi connectivity index (χ1) is 16.8. The topological polar surface area (TPSA) is 109 Å². The lowest BCUT2D eigenvalue weighted by molar-refractivity contribution is -0.139. The lowest BCUT2D eigenvalue weighted by Crippen LogP contribution is -2.75. The number of nitrogens with zero attached hydrogens (tertiary/aromatic N) is 1. The quantitative estimate of drug-likeness (QED) is 0.540. The molecule has 178 valence electrons. The molecule has 1 amide bonds. The maximum Gasteiger partial charge on any atom is 0.261 e. The average molecular weight is 470 g/mol. The van der Waals surface area contributed by atoms with E-state index >= 15 is 0 Å². The lowest BCUT2D eigenvalue weighted by atomic mass is 9.55. The van der Waals surface area contributed by atoms with E-state index in [-0.39, 0.29) is 17.0 Å². The van der Waals surface area contributed by atoms with E-state index in [1.807, 2.05) is 24.3 Å². The van der Waals surface area contributed by atoms with Crippen LogP contribution in [-0.4, -0.2) is 46.2 Å². The van der Waals surface area contributed by atoms with Gasteiger partial charge in [-0.2, -0.15) is 0 Å². The summed E-state index contributed by atoms with van der Waals surface area (Å²) in [5.41, 5.74) is 8.40. The zero-order valence-electron chi connectivity index (χ0n) is 19.5. The largest absolute Gasteiger partial charge is 0.497 e. The molecule has 4 N–H and O–H groups in total. The predicted molar refractivity (Wildman–Crippen MR) is 130 cm³/mol. The van der Waals surface area contributed by atoms with Crippen LogP contribution in [0, 0.1) is 0 Å². The van der Waals surface area contributed by atoms with Crippen LogP contribution in [0.4, 0.5) is 0 Å². The highest BCUT2D eigenvalue weighted by molar-refractivity contribution is 5.92. The Morgan fingerprint density at radius 3 is 2.71 bits per heavy atom. The molecule has 7 heteroatoms. The first-order valence-corrected chi connectivity index (χ1v) is 12.1. The maximum atomic E-state index is 12.7.